The fourth-order valence-electron chi connectivity index (χ4n) is 7.20. The van der Waals surface area contributed by atoms with Gasteiger partial charge in [-0.2, -0.15) is 0 Å². The molecule has 0 aromatic heterocycles. The molecule has 2 nitrogen and oxygen atoms in total. The second-order valence-corrected chi connectivity index (χ2v) is 14.5. The summed E-state index contributed by atoms with van der Waals surface area (Å²) >= 11 is 3.36. The van der Waals surface area contributed by atoms with Gasteiger partial charge in [-0.15, -0.1) is 0 Å². The molecule has 53 heavy (non-hydrogen) atoms. The lowest BCUT2D eigenvalue weighted by molar-refractivity contribution is 0.200. The lowest BCUT2D eigenvalue weighted by Gasteiger charge is -2.33. The van der Waals surface area contributed by atoms with Crippen LogP contribution in [0.1, 0.15) is 59.8 Å². The third-order valence-corrected chi connectivity index (χ3v) is 10.8. The topological polar surface area (TPSA) is 15.3 Å². The van der Waals surface area contributed by atoms with Crippen molar-refractivity contribution in [2.75, 3.05) is 26.2 Å². The van der Waals surface area contributed by atoms with E-state index in [4.69, 9.17) is 0 Å². The molecule has 0 aliphatic carbocycles. The Labute approximate surface area is 323 Å². The summed E-state index contributed by atoms with van der Waals surface area (Å²) in [6.45, 7) is 5.55. The molecule has 0 spiro atoms. The number of alkyl halides is 1. The van der Waals surface area contributed by atoms with Crippen molar-refractivity contribution in [2.45, 2.75) is 49.4 Å². The van der Waals surface area contributed by atoms with Crippen molar-refractivity contribution in [3.05, 3.63) is 192 Å². The lowest BCUT2D eigenvalue weighted by atomic mass is 9.89. The van der Waals surface area contributed by atoms with Crippen molar-refractivity contribution in [1.29, 1.82) is 0 Å². The van der Waals surface area contributed by atoms with Crippen LogP contribution in [0.2, 0.25) is 0 Å². The Balaban J connectivity index is 0.000000155. The number of hydrogen-bond acceptors (Lipinski definition) is 2. The number of likely N-dealkylation sites (tertiary alicyclic amines) is 1. The summed E-state index contributed by atoms with van der Waals surface area (Å²) in [7, 11) is 0. The highest BCUT2D eigenvalue weighted by Crippen LogP contribution is 2.30. The van der Waals surface area contributed by atoms with Gasteiger partial charge in [0.25, 0.3) is 0 Å². The largest absolute Gasteiger partial charge is 0.316 e. The molecule has 2 unspecified atom stereocenters. The fraction of sp³-hybridized carbons (Fsp3) is 0.250. The van der Waals surface area contributed by atoms with E-state index in [9.17, 15) is 8.78 Å². The van der Waals surface area contributed by atoms with E-state index < -0.39 is 0 Å². The minimum atomic E-state index is -0.189. The van der Waals surface area contributed by atoms with E-state index in [1.807, 2.05) is 42.5 Å². The third kappa shape index (κ3) is 11.8. The van der Waals surface area contributed by atoms with Crippen molar-refractivity contribution in [1.82, 2.24) is 10.2 Å². The monoisotopic (exact) mass is 770 g/mol. The number of nitrogens with zero attached hydrogens (tertiary/aromatic N) is 1. The molecule has 0 amide bonds. The maximum absolute atomic E-state index is 13.1. The number of halogens is 3. The Morgan fingerprint density at radius 3 is 1.43 bits per heavy atom. The van der Waals surface area contributed by atoms with E-state index in [2.05, 4.69) is 117 Å². The van der Waals surface area contributed by atoms with Crippen LogP contribution in [0, 0.1) is 11.6 Å². The van der Waals surface area contributed by atoms with Crippen LogP contribution in [-0.2, 0) is 11.9 Å². The molecule has 0 bridgehead atoms. The minimum absolute atomic E-state index is 0.186. The number of rotatable bonds is 7. The number of benzene rings is 6. The first-order chi connectivity index (χ1) is 26.0. The molecule has 2 heterocycles. The van der Waals surface area contributed by atoms with Crippen LogP contribution in [0.15, 0.2) is 158 Å². The van der Waals surface area contributed by atoms with E-state index in [-0.39, 0.29) is 11.6 Å². The maximum atomic E-state index is 13.1. The van der Waals surface area contributed by atoms with Crippen molar-refractivity contribution in [3.63, 3.8) is 0 Å². The van der Waals surface area contributed by atoms with Crippen molar-refractivity contribution in [2.24, 2.45) is 0 Å². The van der Waals surface area contributed by atoms with Gasteiger partial charge >= 0.3 is 0 Å². The quantitative estimate of drug-likeness (QED) is 0.163. The highest BCUT2D eigenvalue weighted by Gasteiger charge is 2.21. The Morgan fingerprint density at radius 1 is 0.528 bits per heavy atom. The van der Waals surface area contributed by atoms with E-state index >= 15 is 0 Å². The van der Waals surface area contributed by atoms with Gasteiger partial charge in [0.2, 0.25) is 0 Å². The second kappa shape index (κ2) is 20.1. The van der Waals surface area contributed by atoms with E-state index in [0.29, 0.717) is 11.8 Å². The summed E-state index contributed by atoms with van der Waals surface area (Å²) in [5, 5.41) is 4.40. The van der Waals surface area contributed by atoms with Gasteiger partial charge in [-0.1, -0.05) is 149 Å². The average molecular weight is 772 g/mol. The van der Waals surface area contributed by atoms with Crippen LogP contribution in [0.4, 0.5) is 8.78 Å². The summed E-state index contributed by atoms with van der Waals surface area (Å²) < 4.78 is 26.0. The standard InChI is InChI=1S/C24H24FN.C17H18FN.C7H7Br/c25-24-14-12-21(13-15-24)20-8-10-22(11-9-20)23-7-4-16-26(18-23)17-19-5-2-1-3-6-19;18-17-9-7-14(8-10-17)13-3-5-15(6-4-13)16-2-1-11-19-12-16;8-6-7-4-2-1-3-5-7/h1-3,5-6,8-15,23H,4,7,16-18H2;3-10,16,19H,1-2,11-12H2;1-5H,6H2. The van der Waals surface area contributed by atoms with Crippen molar-refractivity contribution < 1.29 is 8.78 Å². The molecule has 6 aromatic carbocycles. The number of hydrogen-bond donors (Lipinski definition) is 1. The van der Waals surface area contributed by atoms with Gasteiger partial charge < -0.3 is 5.32 Å². The van der Waals surface area contributed by atoms with Crippen LogP contribution in [0.25, 0.3) is 22.3 Å². The summed E-state index contributed by atoms with van der Waals surface area (Å²) in [5.41, 5.74) is 9.94. The molecule has 272 valence electrons. The molecule has 2 aliphatic rings. The normalized spacial score (nSPS) is 17.1. The third-order valence-electron chi connectivity index (χ3n) is 10.2. The van der Waals surface area contributed by atoms with Gasteiger partial charge in [0.15, 0.2) is 0 Å². The predicted molar refractivity (Wildman–Crippen MR) is 221 cm³/mol. The zero-order valence-corrected chi connectivity index (χ0v) is 31.9. The highest BCUT2D eigenvalue weighted by atomic mass is 79.9. The summed E-state index contributed by atoms with van der Waals surface area (Å²) in [5.74, 6) is 0.852. The average Bonchev–Trinajstić information content (AvgIpc) is 3.23. The van der Waals surface area contributed by atoms with Crippen LogP contribution in [-0.4, -0.2) is 31.1 Å². The van der Waals surface area contributed by atoms with Crippen LogP contribution in [0.3, 0.4) is 0 Å². The first-order valence-electron chi connectivity index (χ1n) is 18.8. The van der Waals surface area contributed by atoms with E-state index in [1.54, 1.807) is 0 Å². The Bertz CT molecular complexity index is 1910. The first-order valence-corrected chi connectivity index (χ1v) is 19.9. The highest BCUT2D eigenvalue weighted by molar-refractivity contribution is 9.08. The zero-order chi connectivity index (χ0) is 36.7. The van der Waals surface area contributed by atoms with Crippen LogP contribution in [0.5, 0.6) is 0 Å². The van der Waals surface area contributed by atoms with Crippen molar-refractivity contribution >= 4 is 15.9 Å². The molecule has 2 atom stereocenters. The van der Waals surface area contributed by atoms with Gasteiger partial charge in [-0.05, 0) is 119 Å². The van der Waals surface area contributed by atoms with E-state index in [1.165, 1.54) is 78.7 Å². The molecular weight excluding hydrogens is 722 g/mol. The second-order valence-electron chi connectivity index (χ2n) is 14.0. The number of nitrogens with one attached hydrogen (secondary N) is 1. The predicted octanol–water partition coefficient (Wildman–Crippen LogP) is 12.4. The van der Waals surface area contributed by atoms with Gasteiger partial charge in [-0.3, -0.25) is 4.90 Å². The molecule has 5 heteroatoms. The van der Waals surface area contributed by atoms with E-state index in [0.717, 1.165) is 53.8 Å². The molecule has 2 fully saturated rings. The smallest absolute Gasteiger partial charge is 0.123 e. The minimum Gasteiger partial charge on any atom is -0.316 e. The molecule has 8 rings (SSSR count). The maximum Gasteiger partial charge on any atom is 0.123 e. The SMILES string of the molecule is BrCc1ccccc1.Fc1ccc(-c2ccc(C3CCCN(Cc4ccccc4)C3)cc2)cc1.Fc1ccc(-c2ccc(C3CCCNC3)cc2)cc1. The van der Waals surface area contributed by atoms with Gasteiger partial charge in [0.05, 0.1) is 0 Å². The Morgan fingerprint density at radius 2 is 0.981 bits per heavy atom. The van der Waals surface area contributed by atoms with Crippen molar-refractivity contribution in [3.8, 4) is 22.3 Å². The summed E-state index contributed by atoms with van der Waals surface area (Å²) in [6, 6.07) is 51.9. The lowest BCUT2D eigenvalue weighted by Crippen LogP contribution is -2.33. The Kier molecular flexibility index (Phi) is 14.6. The molecular formula is C48H49BrF2N2. The van der Waals surface area contributed by atoms with Gasteiger partial charge in [0.1, 0.15) is 11.6 Å². The van der Waals surface area contributed by atoms with Crippen LogP contribution >= 0.6 is 15.9 Å². The summed E-state index contributed by atoms with van der Waals surface area (Å²) in [6.07, 6.45) is 5.02. The molecule has 0 saturated carbocycles. The first kappa shape index (κ1) is 38.3. The molecule has 2 saturated heterocycles. The van der Waals surface area contributed by atoms with Crippen LogP contribution < -0.4 is 5.32 Å². The molecule has 6 aromatic rings. The summed E-state index contributed by atoms with van der Waals surface area (Å²) in [4.78, 5) is 2.57. The van der Waals surface area contributed by atoms with Gasteiger partial charge in [-0.25, -0.2) is 8.78 Å². The van der Waals surface area contributed by atoms with Gasteiger partial charge in [0, 0.05) is 25.0 Å². The molecule has 2 aliphatic heterocycles. The molecule has 1 N–H and O–H groups in total. The molecule has 0 radical (unpaired) electrons. The Hall–Kier alpha value is -4.42. The fourth-order valence-corrected chi connectivity index (χ4v) is 7.57. The zero-order valence-electron chi connectivity index (χ0n) is 30.3. The number of piperidine rings is 2.